The van der Waals surface area contributed by atoms with Crippen LogP contribution in [0, 0.1) is 0 Å². The lowest BCUT2D eigenvalue weighted by Crippen LogP contribution is -2.02. The molecule has 0 unspecified atom stereocenters. The van der Waals surface area contributed by atoms with Gasteiger partial charge in [-0.2, -0.15) is 0 Å². The van der Waals surface area contributed by atoms with Crippen LogP contribution < -0.4 is 5.32 Å². The molecule has 3 heterocycles. The Kier molecular flexibility index (Phi) is 3.57. The number of aromatic nitrogens is 3. The van der Waals surface area contributed by atoms with E-state index in [1.165, 1.54) is 41.5 Å². The summed E-state index contributed by atoms with van der Waals surface area (Å²) >= 11 is 3.51. The minimum atomic E-state index is 0.731. The topological polar surface area (TPSA) is 50.7 Å². The van der Waals surface area contributed by atoms with Crippen LogP contribution in [0.3, 0.4) is 0 Å². The molecule has 6 heteroatoms. The minimum absolute atomic E-state index is 0.731. The Balaban J connectivity index is 1.72. The van der Waals surface area contributed by atoms with Crippen LogP contribution in [0.15, 0.2) is 17.9 Å². The van der Waals surface area contributed by atoms with E-state index in [1.54, 1.807) is 17.7 Å². The Labute approximate surface area is 131 Å². The molecule has 0 atom stereocenters. The smallest absolute Gasteiger partial charge is 0.138 e. The van der Waals surface area contributed by atoms with Gasteiger partial charge in [0.1, 0.15) is 22.0 Å². The lowest BCUT2D eigenvalue weighted by molar-refractivity contribution is 0.713. The normalized spacial score (nSPS) is 14.9. The molecule has 1 N–H and O–H groups in total. The molecule has 0 bridgehead atoms. The van der Waals surface area contributed by atoms with E-state index in [9.17, 15) is 0 Å². The summed E-state index contributed by atoms with van der Waals surface area (Å²) in [6.45, 7) is 0.731. The fourth-order valence-corrected chi connectivity index (χ4v) is 4.69. The van der Waals surface area contributed by atoms with Gasteiger partial charge in [-0.25, -0.2) is 15.0 Å². The van der Waals surface area contributed by atoms with Crippen LogP contribution in [0.2, 0.25) is 0 Å². The van der Waals surface area contributed by atoms with Gasteiger partial charge in [-0.15, -0.1) is 22.7 Å². The van der Waals surface area contributed by atoms with Crippen LogP contribution >= 0.6 is 22.7 Å². The molecule has 0 saturated heterocycles. The molecule has 1 aliphatic carbocycles. The molecule has 3 aromatic heterocycles. The van der Waals surface area contributed by atoms with E-state index in [0.717, 1.165) is 28.6 Å². The van der Waals surface area contributed by atoms with Crippen LogP contribution in [-0.2, 0) is 19.4 Å². The van der Waals surface area contributed by atoms with Crippen molar-refractivity contribution in [1.29, 1.82) is 0 Å². The summed E-state index contributed by atoms with van der Waals surface area (Å²) < 4.78 is 0. The standard InChI is InChI=1S/C15H16N4S2/c1-2-4-10-11(5-3-1)21-15-13(10)14(18-9-19-15)17-8-12-16-6-7-20-12/h6-7,9H,1-5,8H2,(H,17,18,19). The molecule has 0 spiro atoms. The zero-order valence-electron chi connectivity index (χ0n) is 11.6. The van der Waals surface area contributed by atoms with Gasteiger partial charge in [0.05, 0.1) is 11.9 Å². The Morgan fingerprint density at radius 3 is 2.95 bits per heavy atom. The van der Waals surface area contributed by atoms with Crippen molar-refractivity contribution in [2.45, 2.75) is 38.6 Å². The molecule has 0 saturated carbocycles. The summed E-state index contributed by atoms with van der Waals surface area (Å²) in [6, 6.07) is 0. The molecule has 0 aromatic carbocycles. The first-order valence-electron chi connectivity index (χ1n) is 7.29. The molecule has 0 amide bonds. The van der Waals surface area contributed by atoms with Gasteiger partial charge in [-0.05, 0) is 31.2 Å². The van der Waals surface area contributed by atoms with Crippen molar-refractivity contribution < 1.29 is 0 Å². The van der Waals surface area contributed by atoms with Crippen molar-refractivity contribution in [3.05, 3.63) is 33.4 Å². The molecular formula is C15H16N4S2. The van der Waals surface area contributed by atoms with Gasteiger partial charge in [0.15, 0.2) is 0 Å². The maximum absolute atomic E-state index is 4.48. The van der Waals surface area contributed by atoms with Crippen molar-refractivity contribution in [1.82, 2.24) is 15.0 Å². The second-order valence-corrected chi connectivity index (χ2v) is 7.31. The summed E-state index contributed by atoms with van der Waals surface area (Å²) in [6.07, 6.45) is 9.78. The summed E-state index contributed by atoms with van der Waals surface area (Å²) in [5.41, 5.74) is 1.48. The molecule has 0 radical (unpaired) electrons. The number of nitrogens with one attached hydrogen (secondary N) is 1. The van der Waals surface area contributed by atoms with Gasteiger partial charge in [-0.3, -0.25) is 0 Å². The third-order valence-electron chi connectivity index (χ3n) is 3.89. The fraction of sp³-hybridized carbons (Fsp3) is 0.400. The lowest BCUT2D eigenvalue weighted by Gasteiger charge is -2.06. The number of fused-ring (bicyclic) bond motifs is 3. The van der Waals surface area contributed by atoms with Crippen molar-refractivity contribution >= 4 is 38.7 Å². The number of hydrogen-bond acceptors (Lipinski definition) is 6. The summed E-state index contributed by atoms with van der Waals surface area (Å²) in [5, 5.41) is 7.79. The highest BCUT2D eigenvalue weighted by atomic mass is 32.1. The molecule has 21 heavy (non-hydrogen) atoms. The third-order valence-corrected chi connectivity index (χ3v) is 5.87. The van der Waals surface area contributed by atoms with Gasteiger partial charge >= 0.3 is 0 Å². The van der Waals surface area contributed by atoms with Crippen LogP contribution in [-0.4, -0.2) is 15.0 Å². The van der Waals surface area contributed by atoms with Gasteiger partial charge in [-0.1, -0.05) is 6.42 Å². The predicted octanol–water partition coefficient (Wildman–Crippen LogP) is 4.03. The third kappa shape index (κ3) is 2.53. The molecule has 0 aliphatic heterocycles. The first-order chi connectivity index (χ1) is 10.4. The van der Waals surface area contributed by atoms with Gasteiger partial charge in [0.25, 0.3) is 0 Å². The Hall–Kier alpha value is -1.53. The highest BCUT2D eigenvalue weighted by Crippen LogP contribution is 2.37. The molecule has 4 nitrogen and oxygen atoms in total. The summed E-state index contributed by atoms with van der Waals surface area (Å²) in [4.78, 5) is 15.9. The zero-order chi connectivity index (χ0) is 14.1. The Morgan fingerprint density at radius 2 is 2.05 bits per heavy atom. The van der Waals surface area contributed by atoms with Crippen LogP contribution in [0.25, 0.3) is 10.2 Å². The Morgan fingerprint density at radius 1 is 1.10 bits per heavy atom. The van der Waals surface area contributed by atoms with Gasteiger partial charge in [0.2, 0.25) is 0 Å². The second kappa shape index (κ2) is 5.69. The molecule has 108 valence electrons. The number of thiazole rings is 1. The maximum atomic E-state index is 4.48. The van der Waals surface area contributed by atoms with E-state index >= 15 is 0 Å². The maximum Gasteiger partial charge on any atom is 0.138 e. The van der Waals surface area contributed by atoms with Gasteiger partial charge in [0, 0.05) is 16.5 Å². The number of rotatable bonds is 3. The van der Waals surface area contributed by atoms with Crippen molar-refractivity contribution in [3.63, 3.8) is 0 Å². The average Bonchev–Trinajstić information content (AvgIpc) is 3.08. The van der Waals surface area contributed by atoms with Crippen LogP contribution in [0.1, 0.15) is 34.7 Å². The number of hydrogen-bond donors (Lipinski definition) is 1. The van der Waals surface area contributed by atoms with E-state index in [2.05, 4.69) is 20.3 Å². The minimum Gasteiger partial charge on any atom is -0.363 e. The molecule has 0 fully saturated rings. The predicted molar refractivity (Wildman–Crippen MR) is 88.1 cm³/mol. The van der Waals surface area contributed by atoms with E-state index < -0.39 is 0 Å². The first-order valence-corrected chi connectivity index (χ1v) is 8.99. The van der Waals surface area contributed by atoms with E-state index in [0.29, 0.717) is 0 Å². The summed E-state index contributed by atoms with van der Waals surface area (Å²) in [7, 11) is 0. The SMILES string of the molecule is c1csc(CNc2ncnc3sc4c(c23)CCCCC4)n1. The Bertz CT molecular complexity index is 748. The van der Waals surface area contributed by atoms with Crippen molar-refractivity contribution in [2.24, 2.45) is 0 Å². The van der Waals surface area contributed by atoms with Gasteiger partial charge < -0.3 is 5.32 Å². The number of aryl methyl sites for hydroxylation is 2. The monoisotopic (exact) mass is 316 g/mol. The summed E-state index contributed by atoms with van der Waals surface area (Å²) in [5.74, 6) is 0.967. The average molecular weight is 316 g/mol. The fourth-order valence-electron chi connectivity index (χ4n) is 2.90. The molecule has 1 aliphatic rings. The first kappa shape index (κ1) is 13.2. The van der Waals surface area contributed by atoms with Crippen molar-refractivity contribution in [3.8, 4) is 0 Å². The highest BCUT2D eigenvalue weighted by molar-refractivity contribution is 7.19. The number of thiophene rings is 1. The van der Waals surface area contributed by atoms with E-state index in [1.807, 2.05) is 22.9 Å². The van der Waals surface area contributed by atoms with Crippen LogP contribution in [0.5, 0.6) is 0 Å². The van der Waals surface area contributed by atoms with E-state index in [4.69, 9.17) is 0 Å². The van der Waals surface area contributed by atoms with E-state index in [-0.39, 0.29) is 0 Å². The molecule has 4 rings (SSSR count). The number of anilines is 1. The molecular weight excluding hydrogens is 300 g/mol. The highest BCUT2D eigenvalue weighted by Gasteiger charge is 2.18. The lowest BCUT2D eigenvalue weighted by atomic mass is 10.1. The number of nitrogens with zero attached hydrogens (tertiary/aromatic N) is 3. The zero-order valence-corrected chi connectivity index (χ0v) is 13.3. The largest absolute Gasteiger partial charge is 0.363 e. The van der Waals surface area contributed by atoms with Crippen molar-refractivity contribution in [2.75, 3.05) is 5.32 Å². The second-order valence-electron chi connectivity index (χ2n) is 5.25. The quantitative estimate of drug-likeness (QED) is 0.741. The molecule has 3 aromatic rings. The van der Waals surface area contributed by atoms with Crippen LogP contribution in [0.4, 0.5) is 5.82 Å².